The maximum absolute atomic E-state index is 12.5. The van der Waals surface area contributed by atoms with Crippen molar-refractivity contribution < 1.29 is 4.79 Å². The summed E-state index contributed by atoms with van der Waals surface area (Å²) in [4.78, 5) is 12.5. The van der Waals surface area contributed by atoms with Crippen LogP contribution in [0.5, 0.6) is 0 Å². The Hall–Kier alpha value is -1.06. The summed E-state index contributed by atoms with van der Waals surface area (Å²) in [5, 5.41) is 3.75. The van der Waals surface area contributed by atoms with Gasteiger partial charge in [-0.05, 0) is 31.4 Å². The van der Waals surface area contributed by atoms with E-state index in [1.165, 1.54) is 0 Å². The third kappa shape index (κ3) is 2.93. The highest BCUT2D eigenvalue weighted by Crippen LogP contribution is 2.38. The molecule has 4 heteroatoms. The molecule has 0 bridgehead atoms. The predicted octanol–water partition coefficient (Wildman–Crippen LogP) is 3.04. The van der Waals surface area contributed by atoms with Crippen molar-refractivity contribution >= 4 is 17.5 Å². The number of carbonyl (C=O) groups excluding carboxylic acids is 1. The molecule has 19 heavy (non-hydrogen) atoms. The first kappa shape index (κ1) is 14.4. The zero-order valence-corrected chi connectivity index (χ0v) is 12.0. The van der Waals surface area contributed by atoms with Crippen molar-refractivity contribution in [3.05, 3.63) is 34.9 Å². The van der Waals surface area contributed by atoms with Crippen molar-refractivity contribution in [3.63, 3.8) is 0 Å². The Balaban J connectivity index is 2.08. The zero-order chi connectivity index (χ0) is 13.9. The summed E-state index contributed by atoms with van der Waals surface area (Å²) in [5.41, 5.74) is 6.41. The Morgan fingerprint density at radius 3 is 2.63 bits per heavy atom. The standard InChI is InChI=1S/C15H21ClN2O/c1-11(12-6-2-3-7-13(12)16)18-14(19)15(10-17)8-4-5-9-15/h2-3,6-7,11H,4-5,8-10,17H2,1H3,(H,18,19). The second-order valence-electron chi connectivity index (χ2n) is 5.41. The van der Waals surface area contributed by atoms with E-state index < -0.39 is 0 Å². The lowest BCUT2D eigenvalue weighted by Gasteiger charge is -2.28. The van der Waals surface area contributed by atoms with Crippen LogP contribution in [0.4, 0.5) is 0 Å². The van der Waals surface area contributed by atoms with Gasteiger partial charge in [-0.25, -0.2) is 0 Å². The average Bonchev–Trinajstić information content (AvgIpc) is 2.89. The van der Waals surface area contributed by atoms with E-state index in [4.69, 9.17) is 17.3 Å². The maximum atomic E-state index is 12.5. The van der Waals surface area contributed by atoms with Crippen LogP contribution in [-0.2, 0) is 4.79 Å². The van der Waals surface area contributed by atoms with Gasteiger partial charge in [-0.15, -0.1) is 0 Å². The van der Waals surface area contributed by atoms with Gasteiger partial charge in [-0.1, -0.05) is 42.6 Å². The lowest BCUT2D eigenvalue weighted by atomic mass is 9.85. The smallest absolute Gasteiger partial charge is 0.227 e. The second kappa shape index (κ2) is 5.93. The van der Waals surface area contributed by atoms with Crippen LogP contribution in [0.3, 0.4) is 0 Å². The third-order valence-corrected chi connectivity index (χ3v) is 4.50. The number of benzene rings is 1. The molecule has 2 rings (SSSR count). The molecular weight excluding hydrogens is 260 g/mol. The summed E-state index contributed by atoms with van der Waals surface area (Å²) in [5.74, 6) is 0.0694. The number of halogens is 1. The quantitative estimate of drug-likeness (QED) is 0.891. The minimum Gasteiger partial charge on any atom is -0.349 e. The van der Waals surface area contributed by atoms with Crippen molar-refractivity contribution in [2.75, 3.05) is 6.54 Å². The maximum Gasteiger partial charge on any atom is 0.227 e. The molecule has 1 aliphatic rings. The molecular formula is C15H21ClN2O. The molecule has 1 unspecified atom stereocenters. The first-order chi connectivity index (χ1) is 9.09. The number of rotatable bonds is 4. The molecule has 0 saturated heterocycles. The molecule has 0 spiro atoms. The molecule has 1 fully saturated rings. The van der Waals surface area contributed by atoms with Gasteiger partial charge in [0.25, 0.3) is 0 Å². The Morgan fingerprint density at radius 1 is 1.42 bits per heavy atom. The summed E-state index contributed by atoms with van der Waals surface area (Å²) in [6.45, 7) is 2.38. The third-order valence-electron chi connectivity index (χ3n) is 4.15. The van der Waals surface area contributed by atoms with E-state index in [0.29, 0.717) is 11.6 Å². The molecule has 0 heterocycles. The molecule has 1 aromatic carbocycles. The number of hydrogen-bond donors (Lipinski definition) is 2. The molecule has 3 nitrogen and oxygen atoms in total. The molecule has 104 valence electrons. The number of amides is 1. The van der Waals surface area contributed by atoms with Crippen LogP contribution in [0.25, 0.3) is 0 Å². The van der Waals surface area contributed by atoms with E-state index in [2.05, 4.69) is 5.32 Å². The van der Waals surface area contributed by atoms with E-state index in [1.54, 1.807) is 0 Å². The largest absolute Gasteiger partial charge is 0.349 e. The summed E-state index contributed by atoms with van der Waals surface area (Å²) in [7, 11) is 0. The van der Waals surface area contributed by atoms with Crippen molar-refractivity contribution in [2.45, 2.75) is 38.6 Å². The Morgan fingerprint density at radius 2 is 2.05 bits per heavy atom. The number of carbonyl (C=O) groups is 1. The molecule has 0 aliphatic heterocycles. The molecule has 0 radical (unpaired) electrons. The van der Waals surface area contributed by atoms with Crippen molar-refractivity contribution in [1.29, 1.82) is 0 Å². The van der Waals surface area contributed by atoms with Crippen molar-refractivity contribution in [2.24, 2.45) is 11.1 Å². The van der Waals surface area contributed by atoms with Crippen molar-refractivity contribution in [3.8, 4) is 0 Å². The highest BCUT2D eigenvalue weighted by atomic mass is 35.5. The summed E-state index contributed by atoms with van der Waals surface area (Å²) >= 11 is 6.15. The monoisotopic (exact) mass is 280 g/mol. The van der Waals surface area contributed by atoms with Crippen LogP contribution in [0, 0.1) is 5.41 Å². The molecule has 1 aliphatic carbocycles. The van der Waals surface area contributed by atoms with Gasteiger partial charge in [-0.2, -0.15) is 0 Å². The number of hydrogen-bond acceptors (Lipinski definition) is 2. The Kier molecular flexibility index (Phi) is 4.48. The minimum absolute atomic E-state index is 0.0694. The van der Waals surface area contributed by atoms with E-state index in [9.17, 15) is 4.79 Å². The number of nitrogens with one attached hydrogen (secondary N) is 1. The Bertz CT molecular complexity index is 455. The number of nitrogens with two attached hydrogens (primary N) is 1. The van der Waals surface area contributed by atoms with Gasteiger partial charge in [-0.3, -0.25) is 4.79 Å². The normalized spacial score (nSPS) is 19.1. The fourth-order valence-corrected chi connectivity index (χ4v) is 3.13. The van der Waals surface area contributed by atoms with Gasteiger partial charge in [0, 0.05) is 11.6 Å². The predicted molar refractivity (Wildman–Crippen MR) is 78.0 cm³/mol. The van der Waals surface area contributed by atoms with Gasteiger partial charge in [0.05, 0.1) is 11.5 Å². The first-order valence-electron chi connectivity index (χ1n) is 6.84. The van der Waals surface area contributed by atoms with Crippen LogP contribution in [-0.4, -0.2) is 12.5 Å². The van der Waals surface area contributed by atoms with Gasteiger partial charge in [0.1, 0.15) is 0 Å². The van der Waals surface area contributed by atoms with E-state index in [-0.39, 0.29) is 17.4 Å². The zero-order valence-electron chi connectivity index (χ0n) is 11.3. The summed E-state index contributed by atoms with van der Waals surface area (Å²) in [6.07, 6.45) is 3.96. The second-order valence-corrected chi connectivity index (χ2v) is 5.82. The lowest BCUT2D eigenvalue weighted by Crippen LogP contribution is -2.45. The molecule has 1 aromatic rings. The topological polar surface area (TPSA) is 55.1 Å². The molecule has 3 N–H and O–H groups in total. The van der Waals surface area contributed by atoms with Crippen molar-refractivity contribution in [1.82, 2.24) is 5.32 Å². The molecule has 0 aromatic heterocycles. The molecule has 1 atom stereocenters. The van der Waals surface area contributed by atoms with E-state index >= 15 is 0 Å². The molecule has 1 amide bonds. The van der Waals surface area contributed by atoms with Crippen LogP contribution in [0.15, 0.2) is 24.3 Å². The lowest BCUT2D eigenvalue weighted by molar-refractivity contribution is -0.131. The van der Waals surface area contributed by atoms with E-state index in [0.717, 1.165) is 31.2 Å². The van der Waals surface area contributed by atoms with E-state index in [1.807, 2.05) is 31.2 Å². The highest BCUT2D eigenvalue weighted by Gasteiger charge is 2.40. The fourth-order valence-electron chi connectivity index (χ4n) is 2.83. The van der Waals surface area contributed by atoms with Crippen LogP contribution in [0.1, 0.15) is 44.2 Å². The highest BCUT2D eigenvalue weighted by molar-refractivity contribution is 6.31. The van der Waals surface area contributed by atoms with Gasteiger partial charge in [0.15, 0.2) is 0 Å². The average molecular weight is 281 g/mol. The Labute approximate surface area is 119 Å². The van der Waals surface area contributed by atoms with Crippen LogP contribution >= 0.6 is 11.6 Å². The fraction of sp³-hybridized carbons (Fsp3) is 0.533. The first-order valence-corrected chi connectivity index (χ1v) is 7.22. The van der Waals surface area contributed by atoms with Gasteiger partial charge < -0.3 is 11.1 Å². The summed E-state index contributed by atoms with van der Waals surface area (Å²) < 4.78 is 0. The minimum atomic E-state index is -0.366. The molecule has 1 saturated carbocycles. The van der Waals surface area contributed by atoms with Gasteiger partial charge in [0.2, 0.25) is 5.91 Å². The van der Waals surface area contributed by atoms with Gasteiger partial charge >= 0.3 is 0 Å². The SMILES string of the molecule is CC(NC(=O)C1(CN)CCCC1)c1ccccc1Cl. The van der Waals surface area contributed by atoms with Crippen LogP contribution < -0.4 is 11.1 Å². The summed E-state index contributed by atoms with van der Waals surface area (Å²) in [6, 6.07) is 7.51. The van der Waals surface area contributed by atoms with Crippen LogP contribution in [0.2, 0.25) is 5.02 Å².